The molecule has 3 heterocycles. The lowest BCUT2D eigenvalue weighted by atomic mass is 9.82. The predicted molar refractivity (Wildman–Crippen MR) is 95.2 cm³/mol. The third-order valence-electron chi connectivity index (χ3n) is 5.62. The quantitative estimate of drug-likeness (QED) is 0.810. The molecule has 138 valence electrons. The van der Waals surface area contributed by atoms with Crippen LogP contribution in [0.4, 0.5) is 0 Å². The van der Waals surface area contributed by atoms with Crippen molar-refractivity contribution in [1.29, 1.82) is 0 Å². The average molecular weight is 347 g/mol. The lowest BCUT2D eigenvalue weighted by molar-refractivity contribution is -0.188. The summed E-state index contributed by atoms with van der Waals surface area (Å²) < 4.78 is 11.3. The van der Waals surface area contributed by atoms with Crippen LogP contribution in [-0.4, -0.2) is 72.3 Å². The van der Waals surface area contributed by atoms with Crippen molar-refractivity contribution in [3.05, 3.63) is 29.6 Å². The van der Waals surface area contributed by atoms with E-state index in [4.69, 9.17) is 9.47 Å². The highest BCUT2D eigenvalue weighted by Gasteiger charge is 2.47. The molecule has 1 atom stereocenters. The van der Waals surface area contributed by atoms with Crippen molar-refractivity contribution in [2.75, 3.05) is 40.0 Å². The molecule has 0 aromatic carbocycles. The van der Waals surface area contributed by atoms with E-state index in [2.05, 4.69) is 16.8 Å². The van der Waals surface area contributed by atoms with Crippen molar-refractivity contribution in [3.63, 3.8) is 0 Å². The van der Waals surface area contributed by atoms with E-state index in [9.17, 15) is 4.79 Å². The molecule has 2 aliphatic rings. The first kappa shape index (κ1) is 18.3. The SMILES string of the molecule is COCCN1CCC2(CC1)OCC(=O)N(Cc1cccc(C)n1)C2C. The summed E-state index contributed by atoms with van der Waals surface area (Å²) in [6.07, 6.45) is 1.89. The van der Waals surface area contributed by atoms with Gasteiger partial charge >= 0.3 is 0 Å². The molecule has 25 heavy (non-hydrogen) atoms. The molecule has 1 aromatic rings. The molecule has 0 N–H and O–H groups in total. The Morgan fingerprint density at radius 3 is 2.80 bits per heavy atom. The molecule has 0 bridgehead atoms. The van der Waals surface area contributed by atoms with Crippen molar-refractivity contribution in [2.24, 2.45) is 0 Å². The molecule has 2 saturated heterocycles. The Morgan fingerprint density at radius 1 is 1.36 bits per heavy atom. The predicted octanol–water partition coefficient (Wildman–Crippen LogP) is 1.62. The van der Waals surface area contributed by atoms with E-state index in [1.807, 2.05) is 30.0 Å². The van der Waals surface area contributed by atoms with Crippen molar-refractivity contribution >= 4 is 5.91 Å². The van der Waals surface area contributed by atoms with Gasteiger partial charge in [-0.2, -0.15) is 0 Å². The average Bonchev–Trinajstić information content (AvgIpc) is 2.62. The van der Waals surface area contributed by atoms with Crippen LogP contribution in [0.3, 0.4) is 0 Å². The van der Waals surface area contributed by atoms with Gasteiger partial charge in [-0.1, -0.05) is 6.07 Å². The number of hydrogen-bond acceptors (Lipinski definition) is 5. The van der Waals surface area contributed by atoms with Crippen molar-refractivity contribution in [2.45, 2.75) is 44.9 Å². The molecule has 0 aliphatic carbocycles. The molecule has 1 spiro atoms. The highest BCUT2D eigenvalue weighted by Crippen LogP contribution is 2.36. The van der Waals surface area contributed by atoms with Gasteiger partial charge in [0.25, 0.3) is 0 Å². The Labute approximate surface area is 150 Å². The summed E-state index contributed by atoms with van der Waals surface area (Å²) >= 11 is 0. The fourth-order valence-corrected chi connectivity index (χ4v) is 3.93. The van der Waals surface area contributed by atoms with Gasteiger partial charge in [0, 0.05) is 32.4 Å². The normalized spacial score (nSPS) is 24.0. The number of aromatic nitrogens is 1. The molecule has 6 heteroatoms. The molecular weight excluding hydrogens is 318 g/mol. The van der Waals surface area contributed by atoms with E-state index in [-0.39, 0.29) is 24.2 Å². The first-order valence-corrected chi connectivity index (χ1v) is 9.11. The van der Waals surface area contributed by atoms with Crippen molar-refractivity contribution < 1.29 is 14.3 Å². The van der Waals surface area contributed by atoms with E-state index in [0.29, 0.717) is 6.54 Å². The Bertz CT molecular complexity index is 599. The number of rotatable bonds is 5. The zero-order valence-corrected chi connectivity index (χ0v) is 15.5. The van der Waals surface area contributed by atoms with Gasteiger partial charge in [-0.25, -0.2) is 0 Å². The molecule has 1 unspecified atom stereocenters. The van der Waals surface area contributed by atoms with Crippen LogP contribution in [0.5, 0.6) is 0 Å². The highest BCUT2D eigenvalue weighted by molar-refractivity contribution is 5.78. The third kappa shape index (κ3) is 4.02. The minimum absolute atomic E-state index is 0.0561. The third-order valence-corrected chi connectivity index (χ3v) is 5.62. The Balaban J connectivity index is 1.68. The van der Waals surface area contributed by atoms with Crippen LogP contribution >= 0.6 is 0 Å². The smallest absolute Gasteiger partial charge is 0.249 e. The van der Waals surface area contributed by atoms with Crippen molar-refractivity contribution in [1.82, 2.24) is 14.8 Å². The maximum atomic E-state index is 12.5. The molecular formula is C19H29N3O3. The van der Waals surface area contributed by atoms with Crippen LogP contribution in [0.15, 0.2) is 18.2 Å². The number of methoxy groups -OCH3 is 1. The number of pyridine rings is 1. The van der Waals surface area contributed by atoms with Crippen LogP contribution in [0.25, 0.3) is 0 Å². The van der Waals surface area contributed by atoms with Gasteiger partial charge in [0.2, 0.25) is 5.91 Å². The van der Waals surface area contributed by atoms with Crippen LogP contribution < -0.4 is 0 Å². The topological polar surface area (TPSA) is 54.9 Å². The van der Waals surface area contributed by atoms with Crippen LogP contribution in [0, 0.1) is 6.92 Å². The number of likely N-dealkylation sites (tertiary alicyclic amines) is 1. The number of hydrogen-bond donors (Lipinski definition) is 0. The zero-order chi connectivity index (χ0) is 17.9. The molecule has 3 rings (SSSR count). The van der Waals surface area contributed by atoms with Gasteiger partial charge < -0.3 is 19.3 Å². The van der Waals surface area contributed by atoms with E-state index in [1.54, 1.807) is 7.11 Å². The lowest BCUT2D eigenvalue weighted by Crippen LogP contribution is -2.63. The molecule has 2 fully saturated rings. The number of morpholine rings is 1. The lowest BCUT2D eigenvalue weighted by Gasteiger charge is -2.51. The number of carbonyl (C=O) groups is 1. The summed E-state index contributed by atoms with van der Waals surface area (Å²) in [7, 11) is 1.74. The van der Waals surface area contributed by atoms with Gasteiger partial charge in [-0.3, -0.25) is 9.78 Å². The number of amides is 1. The molecule has 1 amide bonds. The summed E-state index contributed by atoms with van der Waals surface area (Å²) in [4.78, 5) is 21.4. The van der Waals surface area contributed by atoms with E-state index in [1.165, 1.54) is 0 Å². The summed E-state index contributed by atoms with van der Waals surface area (Å²) in [5.41, 5.74) is 1.68. The van der Waals surface area contributed by atoms with Crippen molar-refractivity contribution in [3.8, 4) is 0 Å². The number of aryl methyl sites for hydroxylation is 1. The number of nitrogens with zero attached hydrogens (tertiary/aromatic N) is 3. The molecule has 0 radical (unpaired) electrons. The largest absolute Gasteiger partial charge is 0.383 e. The first-order valence-electron chi connectivity index (χ1n) is 9.11. The second kappa shape index (κ2) is 7.81. The minimum atomic E-state index is -0.235. The Hall–Kier alpha value is -1.50. The molecule has 0 saturated carbocycles. The molecule has 6 nitrogen and oxygen atoms in total. The molecule has 1 aromatic heterocycles. The summed E-state index contributed by atoms with van der Waals surface area (Å²) in [5.74, 6) is 0.0586. The standard InChI is InChI=1S/C19H29N3O3/c1-15-5-4-6-17(20-15)13-22-16(2)19(25-14-18(22)23)7-9-21(10-8-19)11-12-24-3/h4-6,16H,7-14H2,1-3H3. The summed E-state index contributed by atoms with van der Waals surface area (Å²) in [6, 6.07) is 6.02. The van der Waals surface area contributed by atoms with E-state index >= 15 is 0 Å². The van der Waals surface area contributed by atoms with Gasteiger partial charge in [-0.15, -0.1) is 0 Å². The van der Waals surface area contributed by atoms with Crippen LogP contribution in [0.1, 0.15) is 31.2 Å². The minimum Gasteiger partial charge on any atom is -0.383 e. The second-order valence-corrected chi connectivity index (χ2v) is 7.16. The first-order chi connectivity index (χ1) is 12.0. The van der Waals surface area contributed by atoms with E-state index < -0.39 is 0 Å². The number of carbonyl (C=O) groups excluding carboxylic acids is 1. The summed E-state index contributed by atoms with van der Waals surface area (Å²) in [6.45, 7) is 8.51. The Morgan fingerprint density at radius 2 is 2.12 bits per heavy atom. The molecule has 2 aliphatic heterocycles. The van der Waals surface area contributed by atoms with Crippen LogP contribution in [0.2, 0.25) is 0 Å². The van der Waals surface area contributed by atoms with E-state index in [0.717, 1.165) is 50.5 Å². The van der Waals surface area contributed by atoms with Gasteiger partial charge in [0.05, 0.1) is 30.5 Å². The van der Waals surface area contributed by atoms with Gasteiger partial charge in [0.15, 0.2) is 0 Å². The fraction of sp³-hybridized carbons (Fsp3) is 0.684. The second-order valence-electron chi connectivity index (χ2n) is 7.16. The van der Waals surface area contributed by atoms with Crippen LogP contribution in [-0.2, 0) is 20.8 Å². The highest BCUT2D eigenvalue weighted by atomic mass is 16.5. The maximum absolute atomic E-state index is 12.5. The monoisotopic (exact) mass is 347 g/mol. The maximum Gasteiger partial charge on any atom is 0.249 e. The number of piperidine rings is 1. The van der Waals surface area contributed by atoms with Gasteiger partial charge in [0.1, 0.15) is 6.61 Å². The summed E-state index contributed by atoms with van der Waals surface area (Å²) in [5, 5.41) is 0. The zero-order valence-electron chi connectivity index (χ0n) is 15.5. The Kier molecular flexibility index (Phi) is 5.71. The van der Waals surface area contributed by atoms with Gasteiger partial charge in [-0.05, 0) is 38.8 Å². The fourth-order valence-electron chi connectivity index (χ4n) is 3.93. The number of ether oxygens (including phenoxy) is 2.